The Balaban J connectivity index is 1.99. The molecule has 18 heavy (non-hydrogen) atoms. The van der Waals surface area contributed by atoms with Crippen molar-refractivity contribution < 1.29 is 9.84 Å². The van der Waals surface area contributed by atoms with Crippen LogP contribution in [0.3, 0.4) is 0 Å². The number of ether oxygens (including phenoxy) is 1. The molecule has 0 saturated carbocycles. The smallest absolute Gasteiger partial charge is 0.0919 e. The Morgan fingerprint density at radius 1 is 1.44 bits per heavy atom. The average molecular weight is 249 g/mol. The molecule has 0 radical (unpaired) electrons. The van der Waals surface area contributed by atoms with Gasteiger partial charge in [0.05, 0.1) is 12.2 Å². The van der Waals surface area contributed by atoms with Crippen LogP contribution in [0.2, 0.25) is 0 Å². The number of aliphatic hydroxyl groups is 1. The Labute approximate surface area is 109 Å². The topological polar surface area (TPSA) is 32.7 Å². The highest BCUT2D eigenvalue weighted by Gasteiger charge is 2.29. The summed E-state index contributed by atoms with van der Waals surface area (Å²) in [5, 5.41) is 10.3. The molecule has 1 fully saturated rings. The lowest BCUT2D eigenvalue weighted by molar-refractivity contribution is 0.0577. The molecule has 1 heterocycles. The summed E-state index contributed by atoms with van der Waals surface area (Å²) in [7, 11) is 2.07. The van der Waals surface area contributed by atoms with Gasteiger partial charge in [-0.05, 0) is 38.4 Å². The van der Waals surface area contributed by atoms with Crippen LogP contribution in [0, 0.1) is 6.92 Å². The molecule has 3 heteroatoms. The zero-order chi connectivity index (χ0) is 13.1. The molecule has 0 amide bonds. The molecular formula is C15H23NO2. The molecule has 0 aromatic heterocycles. The molecule has 1 aliphatic rings. The Morgan fingerprint density at radius 3 is 2.78 bits per heavy atom. The Bertz CT molecular complexity index is 394. The number of nitrogens with zero attached hydrogens (tertiary/aromatic N) is 1. The van der Waals surface area contributed by atoms with Gasteiger partial charge in [-0.3, -0.25) is 4.90 Å². The second kappa shape index (κ2) is 5.83. The van der Waals surface area contributed by atoms with Gasteiger partial charge in [-0.15, -0.1) is 0 Å². The van der Waals surface area contributed by atoms with E-state index in [1.165, 1.54) is 0 Å². The Morgan fingerprint density at radius 2 is 2.17 bits per heavy atom. The number of hydrogen-bond acceptors (Lipinski definition) is 3. The highest BCUT2D eigenvalue weighted by Crippen LogP contribution is 2.23. The lowest BCUT2D eigenvalue weighted by atomic mass is 10.0. The van der Waals surface area contributed by atoms with Crippen molar-refractivity contribution in [2.75, 3.05) is 20.2 Å². The van der Waals surface area contributed by atoms with E-state index in [2.05, 4.69) is 18.9 Å². The summed E-state index contributed by atoms with van der Waals surface area (Å²) < 4.78 is 5.57. The molecule has 1 aliphatic heterocycles. The van der Waals surface area contributed by atoms with Crippen molar-refractivity contribution in [1.82, 2.24) is 4.90 Å². The fourth-order valence-corrected chi connectivity index (χ4v) is 2.77. The van der Waals surface area contributed by atoms with E-state index in [0.29, 0.717) is 12.6 Å². The molecule has 3 atom stereocenters. The summed E-state index contributed by atoms with van der Waals surface area (Å²) in [5.74, 6) is 0. The maximum absolute atomic E-state index is 10.3. The lowest BCUT2D eigenvalue weighted by Gasteiger charge is -2.29. The fourth-order valence-electron chi connectivity index (χ4n) is 2.77. The normalized spacial score (nSPS) is 25.6. The van der Waals surface area contributed by atoms with E-state index in [-0.39, 0.29) is 6.10 Å². The van der Waals surface area contributed by atoms with E-state index in [4.69, 9.17) is 4.74 Å². The first kappa shape index (κ1) is 13.5. The zero-order valence-electron chi connectivity index (χ0n) is 11.5. The SMILES string of the molecule is Cc1ccccc1C(O)CN(C)C1CCOC1C. The molecular weight excluding hydrogens is 226 g/mol. The maximum Gasteiger partial charge on any atom is 0.0919 e. The van der Waals surface area contributed by atoms with Crippen molar-refractivity contribution in [3.8, 4) is 0 Å². The predicted octanol–water partition coefficient (Wildman–Crippen LogP) is 2.14. The van der Waals surface area contributed by atoms with Crippen LogP contribution in [-0.2, 0) is 4.74 Å². The minimum atomic E-state index is -0.427. The first-order chi connectivity index (χ1) is 8.59. The molecule has 1 aromatic carbocycles. The summed E-state index contributed by atoms with van der Waals surface area (Å²) in [4.78, 5) is 2.22. The van der Waals surface area contributed by atoms with Crippen LogP contribution < -0.4 is 0 Å². The summed E-state index contributed by atoms with van der Waals surface area (Å²) in [6, 6.07) is 8.45. The van der Waals surface area contributed by atoms with Crippen LogP contribution in [0.25, 0.3) is 0 Å². The fraction of sp³-hybridized carbons (Fsp3) is 0.600. The van der Waals surface area contributed by atoms with E-state index in [1.807, 2.05) is 31.2 Å². The monoisotopic (exact) mass is 249 g/mol. The van der Waals surface area contributed by atoms with E-state index in [1.54, 1.807) is 0 Å². The summed E-state index contributed by atoms with van der Waals surface area (Å²) in [5.41, 5.74) is 2.17. The van der Waals surface area contributed by atoms with Gasteiger partial charge in [0.15, 0.2) is 0 Å². The maximum atomic E-state index is 10.3. The summed E-state index contributed by atoms with van der Waals surface area (Å²) in [6.45, 7) is 5.63. The van der Waals surface area contributed by atoms with E-state index in [0.717, 1.165) is 24.2 Å². The molecule has 100 valence electrons. The number of aryl methyl sites for hydroxylation is 1. The van der Waals surface area contributed by atoms with Crippen molar-refractivity contribution in [2.24, 2.45) is 0 Å². The average Bonchev–Trinajstić information content (AvgIpc) is 2.76. The quantitative estimate of drug-likeness (QED) is 0.887. The van der Waals surface area contributed by atoms with Gasteiger partial charge < -0.3 is 9.84 Å². The highest BCUT2D eigenvalue weighted by atomic mass is 16.5. The van der Waals surface area contributed by atoms with Crippen molar-refractivity contribution in [1.29, 1.82) is 0 Å². The van der Waals surface area contributed by atoms with E-state index in [9.17, 15) is 5.11 Å². The second-order valence-electron chi connectivity index (χ2n) is 5.24. The third kappa shape index (κ3) is 2.91. The van der Waals surface area contributed by atoms with E-state index < -0.39 is 6.10 Å². The molecule has 3 nitrogen and oxygen atoms in total. The van der Waals surface area contributed by atoms with Gasteiger partial charge in [-0.1, -0.05) is 24.3 Å². The van der Waals surface area contributed by atoms with Crippen molar-refractivity contribution in [3.05, 3.63) is 35.4 Å². The Hall–Kier alpha value is -0.900. The number of likely N-dealkylation sites (N-methyl/N-ethyl adjacent to an activating group) is 1. The van der Waals surface area contributed by atoms with E-state index >= 15 is 0 Å². The van der Waals surface area contributed by atoms with Gasteiger partial charge in [0.25, 0.3) is 0 Å². The molecule has 0 aliphatic carbocycles. The second-order valence-corrected chi connectivity index (χ2v) is 5.24. The highest BCUT2D eigenvalue weighted by molar-refractivity contribution is 5.27. The standard InChI is InChI=1S/C15H23NO2/c1-11-6-4-5-7-13(11)15(17)10-16(3)14-8-9-18-12(14)2/h4-7,12,14-15,17H,8-10H2,1-3H3. The van der Waals surface area contributed by atoms with Gasteiger partial charge in [-0.2, -0.15) is 0 Å². The van der Waals surface area contributed by atoms with Crippen molar-refractivity contribution >= 4 is 0 Å². The summed E-state index contributed by atoms with van der Waals surface area (Å²) in [6.07, 6.45) is 0.890. The van der Waals surface area contributed by atoms with Gasteiger partial charge in [0.1, 0.15) is 0 Å². The van der Waals surface area contributed by atoms with Crippen LogP contribution in [0.4, 0.5) is 0 Å². The van der Waals surface area contributed by atoms with Gasteiger partial charge in [0, 0.05) is 19.2 Å². The van der Waals surface area contributed by atoms with Crippen molar-refractivity contribution in [2.45, 2.75) is 38.5 Å². The Kier molecular flexibility index (Phi) is 4.38. The van der Waals surface area contributed by atoms with Crippen LogP contribution in [0.1, 0.15) is 30.6 Å². The van der Waals surface area contributed by atoms with Crippen LogP contribution in [0.5, 0.6) is 0 Å². The lowest BCUT2D eigenvalue weighted by Crippen LogP contribution is -2.39. The van der Waals surface area contributed by atoms with Gasteiger partial charge in [0.2, 0.25) is 0 Å². The molecule has 0 spiro atoms. The number of benzene rings is 1. The number of aliphatic hydroxyl groups excluding tert-OH is 1. The van der Waals surface area contributed by atoms with Gasteiger partial charge >= 0.3 is 0 Å². The zero-order valence-corrected chi connectivity index (χ0v) is 11.5. The third-order valence-electron chi connectivity index (χ3n) is 3.91. The first-order valence-corrected chi connectivity index (χ1v) is 6.65. The molecule has 1 saturated heterocycles. The third-order valence-corrected chi connectivity index (χ3v) is 3.91. The van der Waals surface area contributed by atoms with Crippen LogP contribution in [0.15, 0.2) is 24.3 Å². The first-order valence-electron chi connectivity index (χ1n) is 6.65. The largest absolute Gasteiger partial charge is 0.387 e. The van der Waals surface area contributed by atoms with Crippen LogP contribution >= 0.6 is 0 Å². The van der Waals surface area contributed by atoms with Crippen LogP contribution in [-0.4, -0.2) is 42.4 Å². The van der Waals surface area contributed by atoms with Gasteiger partial charge in [-0.25, -0.2) is 0 Å². The number of hydrogen-bond donors (Lipinski definition) is 1. The predicted molar refractivity (Wildman–Crippen MR) is 72.6 cm³/mol. The minimum absolute atomic E-state index is 0.263. The minimum Gasteiger partial charge on any atom is -0.387 e. The molecule has 1 aromatic rings. The number of rotatable bonds is 4. The molecule has 1 N–H and O–H groups in total. The molecule has 2 rings (SSSR count). The summed E-state index contributed by atoms with van der Waals surface area (Å²) >= 11 is 0. The van der Waals surface area contributed by atoms with Crippen molar-refractivity contribution in [3.63, 3.8) is 0 Å². The molecule has 3 unspecified atom stereocenters. The molecule has 0 bridgehead atoms.